The molecule has 0 bridgehead atoms. The third-order valence-corrected chi connectivity index (χ3v) is 1.94. The summed E-state index contributed by atoms with van der Waals surface area (Å²) in [6.45, 7) is 6.95. The van der Waals surface area contributed by atoms with E-state index in [-0.39, 0.29) is 5.75 Å². The van der Waals surface area contributed by atoms with E-state index >= 15 is 0 Å². The van der Waals surface area contributed by atoms with E-state index in [9.17, 15) is 5.11 Å². The van der Waals surface area contributed by atoms with Crippen LogP contribution in [0.4, 0.5) is 0 Å². The monoisotopic (exact) mass is 194 g/mol. The lowest BCUT2D eigenvalue weighted by atomic mass is 10.1. The molecule has 2 nitrogen and oxygen atoms in total. The second-order valence-corrected chi connectivity index (χ2v) is 3.89. The maximum atomic E-state index is 9.41. The molecule has 0 unspecified atom stereocenters. The minimum Gasteiger partial charge on any atom is -0.508 e. The highest BCUT2D eigenvalue weighted by atomic mass is 16.5. The second-order valence-electron chi connectivity index (χ2n) is 3.89. The molecule has 78 valence electrons. The van der Waals surface area contributed by atoms with Gasteiger partial charge in [-0.25, -0.2) is 0 Å². The van der Waals surface area contributed by atoms with Crippen molar-refractivity contribution in [1.29, 1.82) is 0 Å². The van der Waals surface area contributed by atoms with Crippen molar-refractivity contribution >= 4 is 0 Å². The average Bonchev–Trinajstić information content (AvgIpc) is 2.14. The van der Waals surface area contributed by atoms with Gasteiger partial charge in [0.1, 0.15) is 11.5 Å². The van der Waals surface area contributed by atoms with Gasteiger partial charge >= 0.3 is 0 Å². The Morgan fingerprint density at radius 3 is 2.57 bits per heavy atom. The normalized spacial score (nSPS) is 10.6. The molecule has 1 rings (SSSR count). The first-order valence-electron chi connectivity index (χ1n) is 5.07. The maximum Gasteiger partial charge on any atom is 0.123 e. The molecule has 0 aromatic heterocycles. The Balaban J connectivity index is 2.71. The Kier molecular flexibility index (Phi) is 3.81. The molecule has 0 saturated heterocycles. The van der Waals surface area contributed by atoms with Gasteiger partial charge < -0.3 is 9.84 Å². The second kappa shape index (κ2) is 4.89. The van der Waals surface area contributed by atoms with Crippen LogP contribution in [0.15, 0.2) is 18.2 Å². The molecule has 0 heterocycles. The lowest BCUT2D eigenvalue weighted by Gasteiger charge is -2.10. The lowest BCUT2D eigenvalue weighted by molar-refractivity contribution is 0.269. The molecule has 1 aromatic carbocycles. The highest BCUT2D eigenvalue weighted by Crippen LogP contribution is 2.22. The largest absolute Gasteiger partial charge is 0.508 e. The van der Waals surface area contributed by atoms with E-state index in [0.29, 0.717) is 12.5 Å². The van der Waals surface area contributed by atoms with Gasteiger partial charge in [0.25, 0.3) is 0 Å². The molecule has 0 aliphatic heterocycles. The molecule has 2 heteroatoms. The SMILES string of the molecule is CCc1cc(O)cc(OCC(C)C)c1. The van der Waals surface area contributed by atoms with Gasteiger partial charge in [-0.05, 0) is 30.0 Å². The Morgan fingerprint density at radius 1 is 1.29 bits per heavy atom. The predicted molar refractivity (Wildman–Crippen MR) is 57.8 cm³/mol. The van der Waals surface area contributed by atoms with Gasteiger partial charge in [0.2, 0.25) is 0 Å². The number of aromatic hydroxyl groups is 1. The molecule has 0 aliphatic carbocycles. The molecular weight excluding hydrogens is 176 g/mol. The van der Waals surface area contributed by atoms with Gasteiger partial charge in [-0.15, -0.1) is 0 Å². The van der Waals surface area contributed by atoms with Crippen LogP contribution >= 0.6 is 0 Å². The summed E-state index contributed by atoms with van der Waals surface area (Å²) in [6.07, 6.45) is 0.909. The van der Waals surface area contributed by atoms with Crippen LogP contribution in [0.3, 0.4) is 0 Å². The van der Waals surface area contributed by atoms with Crippen LogP contribution in [0.25, 0.3) is 0 Å². The zero-order valence-electron chi connectivity index (χ0n) is 9.08. The van der Waals surface area contributed by atoms with Crippen LogP contribution in [-0.2, 0) is 6.42 Å². The summed E-state index contributed by atoms with van der Waals surface area (Å²) in [4.78, 5) is 0. The zero-order valence-corrected chi connectivity index (χ0v) is 9.08. The first-order chi connectivity index (χ1) is 6.61. The fourth-order valence-electron chi connectivity index (χ4n) is 1.19. The fourth-order valence-corrected chi connectivity index (χ4v) is 1.19. The number of ether oxygens (including phenoxy) is 1. The molecule has 0 amide bonds. The van der Waals surface area contributed by atoms with E-state index in [0.717, 1.165) is 17.7 Å². The molecule has 0 saturated carbocycles. The molecule has 1 aromatic rings. The fraction of sp³-hybridized carbons (Fsp3) is 0.500. The first kappa shape index (κ1) is 10.9. The van der Waals surface area contributed by atoms with E-state index in [2.05, 4.69) is 20.8 Å². The maximum absolute atomic E-state index is 9.41. The minimum absolute atomic E-state index is 0.281. The summed E-state index contributed by atoms with van der Waals surface area (Å²) in [5.74, 6) is 1.54. The predicted octanol–water partition coefficient (Wildman–Crippen LogP) is 2.99. The van der Waals surface area contributed by atoms with E-state index < -0.39 is 0 Å². The van der Waals surface area contributed by atoms with Crippen molar-refractivity contribution < 1.29 is 9.84 Å². The number of benzene rings is 1. The highest BCUT2D eigenvalue weighted by Gasteiger charge is 2.01. The standard InChI is InChI=1S/C12H18O2/c1-4-10-5-11(13)7-12(6-10)14-8-9(2)3/h5-7,9,13H,4,8H2,1-3H3. The number of hydrogen-bond acceptors (Lipinski definition) is 2. The van der Waals surface area contributed by atoms with Crippen molar-refractivity contribution in [3.8, 4) is 11.5 Å². The Morgan fingerprint density at radius 2 is 2.00 bits per heavy atom. The Labute approximate surface area is 85.5 Å². The van der Waals surface area contributed by atoms with E-state index in [1.54, 1.807) is 12.1 Å². The van der Waals surface area contributed by atoms with E-state index in [4.69, 9.17) is 4.74 Å². The summed E-state index contributed by atoms with van der Waals surface area (Å²) in [7, 11) is 0. The van der Waals surface area contributed by atoms with Crippen molar-refractivity contribution in [3.05, 3.63) is 23.8 Å². The molecule has 0 aliphatic rings. The summed E-state index contributed by atoms with van der Waals surface area (Å²) in [6, 6.07) is 5.39. The van der Waals surface area contributed by atoms with Gasteiger partial charge in [0.05, 0.1) is 6.61 Å². The molecular formula is C12H18O2. The molecule has 14 heavy (non-hydrogen) atoms. The van der Waals surface area contributed by atoms with Crippen molar-refractivity contribution in [3.63, 3.8) is 0 Å². The van der Waals surface area contributed by atoms with Crippen LogP contribution < -0.4 is 4.74 Å². The average molecular weight is 194 g/mol. The van der Waals surface area contributed by atoms with Crippen LogP contribution in [0.1, 0.15) is 26.3 Å². The Hall–Kier alpha value is -1.18. The molecule has 0 atom stereocenters. The van der Waals surface area contributed by atoms with Crippen molar-refractivity contribution in [2.75, 3.05) is 6.61 Å². The highest BCUT2D eigenvalue weighted by molar-refractivity contribution is 5.37. The van der Waals surface area contributed by atoms with Gasteiger partial charge in [-0.2, -0.15) is 0 Å². The molecule has 1 N–H and O–H groups in total. The number of phenolic OH excluding ortho intramolecular Hbond substituents is 1. The van der Waals surface area contributed by atoms with Crippen LogP contribution in [0, 0.1) is 5.92 Å². The van der Waals surface area contributed by atoms with Crippen LogP contribution in [0.5, 0.6) is 11.5 Å². The summed E-state index contributed by atoms with van der Waals surface area (Å²) >= 11 is 0. The van der Waals surface area contributed by atoms with Gasteiger partial charge in [0.15, 0.2) is 0 Å². The zero-order chi connectivity index (χ0) is 10.6. The van der Waals surface area contributed by atoms with Crippen LogP contribution in [0.2, 0.25) is 0 Å². The quantitative estimate of drug-likeness (QED) is 0.798. The van der Waals surface area contributed by atoms with Gasteiger partial charge in [-0.1, -0.05) is 20.8 Å². The van der Waals surface area contributed by atoms with Gasteiger partial charge in [-0.3, -0.25) is 0 Å². The molecule has 0 spiro atoms. The van der Waals surface area contributed by atoms with E-state index in [1.165, 1.54) is 0 Å². The number of rotatable bonds is 4. The summed E-state index contributed by atoms with van der Waals surface area (Å²) < 4.78 is 5.53. The summed E-state index contributed by atoms with van der Waals surface area (Å²) in [5, 5.41) is 9.41. The smallest absolute Gasteiger partial charge is 0.123 e. The van der Waals surface area contributed by atoms with Crippen LogP contribution in [-0.4, -0.2) is 11.7 Å². The van der Waals surface area contributed by atoms with Crippen molar-refractivity contribution in [1.82, 2.24) is 0 Å². The number of aryl methyl sites for hydroxylation is 1. The van der Waals surface area contributed by atoms with Gasteiger partial charge in [0, 0.05) is 6.07 Å². The third kappa shape index (κ3) is 3.29. The lowest BCUT2D eigenvalue weighted by Crippen LogP contribution is -2.04. The van der Waals surface area contributed by atoms with Crippen molar-refractivity contribution in [2.45, 2.75) is 27.2 Å². The molecule has 0 fully saturated rings. The molecule has 0 radical (unpaired) electrons. The first-order valence-corrected chi connectivity index (χ1v) is 5.07. The third-order valence-electron chi connectivity index (χ3n) is 1.94. The number of phenols is 1. The number of hydrogen-bond donors (Lipinski definition) is 1. The summed E-state index contributed by atoms with van der Waals surface area (Å²) in [5.41, 5.74) is 1.10. The Bertz CT molecular complexity index is 292. The van der Waals surface area contributed by atoms with E-state index in [1.807, 2.05) is 6.07 Å². The van der Waals surface area contributed by atoms with Crippen molar-refractivity contribution in [2.24, 2.45) is 5.92 Å². The minimum atomic E-state index is 0.281. The topological polar surface area (TPSA) is 29.5 Å².